The fourth-order valence-corrected chi connectivity index (χ4v) is 3.33. The van der Waals surface area contributed by atoms with Crippen molar-refractivity contribution in [1.82, 2.24) is 4.98 Å². The predicted molar refractivity (Wildman–Crippen MR) is 63.6 cm³/mol. The molecule has 9 heteroatoms. The number of aromatic nitrogens is 1. The van der Waals surface area contributed by atoms with Crippen LogP contribution in [0.25, 0.3) is 10.2 Å². The lowest BCUT2D eigenvalue weighted by Crippen LogP contribution is -1.95. The predicted octanol–water partition coefficient (Wildman–Crippen LogP) is 2.73. The van der Waals surface area contributed by atoms with E-state index >= 15 is 0 Å². The van der Waals surface area contributed by atoms with Crippen LogP contribution in [0.15, 0.2) is 10.4 Å². The second-order valence-corrected chi connectivity index (χ2v) is 6.02. The molecule has 0 spiro atoms. The molecule has 1 aromatic carbocycles. The zero-order chi connectivity index (χ0) is 12.7. The Labute approximate surface area is 107 Å². The van der Waals surface area contributed by atoms with Crippen LogP contribution >= 0.6 is 22.9 Å². The van der Waals surface area contributed by atoms with Crippen LogP contribution in [-0.2, 0) is 11.2 Å². The molecule has 0 saturated carbocycles. The van der Waals surface area contributed by atoms with Crippen LogP contribution in [0, 0.1) is 15.9 Å². The Morgan fingerprint density at radius 1 is 1.65 bits per heavy atom. The van der Waals surface area contributed by atoms with E-state index in [2.05, 4.69) is 4.98 Å². The van der Waals surface area contributed by atoms with Gasteiger partial charge in [-0.3, -0.25) is 10.1 Å². The van der Waals surface area contributed by atoms with Crippen molar-refractivity contribution in [2.24, 2.45) is 0 Å². The summed E-state index contributed by atoms with van der Waals surface area (Å²) < 4.78 is 24.8. The number of rotatable bonds is 2. The zero-order valence-corrected chi connectivity index (χ0v) is 10.7. The van der Waals surface area contributed by atoms with E-state index in [0.717, 1.165) is 17.4 Å². The SMILES string of the molecule is C[S+]([O-])c1nc2c(Cl)cc(F)c([N+](=O)[O-])c2s1. The number of thiazole rings is 1. The highest BCUT2D eigenvalue weighted by Crippen LogP contribution is 2.38. The van der Waals surface area contributed by atoms with Gasteiger partial charge in [-0.25, -0.2) is 0 Å². The fraction of sp³-hybridized carbons (Fsp3) is 0.125. The lowest BCUT2D eigenvalue weighted by atomic mass is 10.3. The molecule has 0 saturated heterocycles. The highest BCUT2D eigenvalue weighted by Gasteiger charge is 2.26. The number of nitro benzene ring substituents is 1. The maximum Gasteiger partial charge on any atom is 0.324 e. The molecule has 0 amide bonds. The average Bonchev–Trinajstić information content (AvgIpc) is 2.61. The minimum absolute atomic E-state index is 0.00481. The summed E-state index contributed by atoms with van der Waals surface area (Å²) in [4.78, 5) is 13.8. The number of hydrogen-bond acceptors (Lipinski definition) is 5. The van der Waals surface area contributed by atoms with E-state index in [1.807, 2.05) is 0 Å². The van der Waals surface area contributed by atoms with Crippen LogP contribution in [0.2, 0.25) is 5.02 Å². The molecule has 2 rings (SSSR count). The molecule has 17 heavy (non-hydrogen) atoms. The van der Waals surface area contributed by atoms with Gasteiger partial charge in [0.15, 0.2) is 0 Å². The van der Waals surface area contributed by atoms with E-state index in [1.165, 1.54) is 6.26 Å². The Bertz CT molecular complexity index is 616. The standard InChI is InChI=1S/C8H4ClFN2O3S2/c1-17(15)8-11-5-3(9)2-4(10)6(12(13)14)7(5)16-8/h2H,1H3. The van der Waals surface area contributed by atoms with Crippen molar-refractivity contribution in [3.8, 4) is 0 Å². The highest BCUT2D eigenvalue weighted by molar-refractivity contribution is 7.92. The van der Waals surface area contributed by atoms with Gasteiger partial charge in [-0.15, -0.1) is 0 Å². The summed E-state index contributed by atoms with van der Waals surface area (Å²) in [5.74, 6) is -1.02. The van der Waals surface area contributed by atoms with Crippen molar-refractivity contribution in [2.75, 3.05) is 6.26 Å². The fourth-order valence-electron chi connectivity index (χ4n) is 1.27. The van der Waals surface area contributed by atoms with Crippen LogP contribution in [0.3, 0.4) is 0 Å². The summed E-state index contributed by atoms with van der Waals surface area (Å²) in [5.41, 5.74) is -0.575. The van der Waals surface area contributed by atoms with Crippen LogP contribution in [0.4, 0.5) is 10.1 Å². The molecule has 2 aromatic rings. The number of benzene rings is 1. The highest BCUT2D eigenvalue weighted by atomic mass is 35.5. The van der Waals surface area contributed by atoms with E-state index in [4.69, 9.17) is 11.6 Å². The monoisotopic (exact) mass is 294 g/mol. The lowest BCUT2D eigenvalue weighted by molar-refractivity contribution is -0.385. The number of nitro groups is 1. The molecule has 0 fully saturated rings. The summed E-state index contributed by atoms with van der Waals surface area (Å²) in [6, 6.07) is 0.837. The largest absolute Gasteiger partial charge is 0.610 e. The Morgan fingerprint density at radius 3 is 2.82 bits per heavy atom. The molecule has 0 N–H and O–H groups in total. The van der Waals surface area contributed by atoms with Gasteiger partial charge in [0.25, 0.3) is 0 Å². The third kappa shape index (κ3) is 2.08. The first-order valence-corrected chi connectivity index (χ1v) is 6.93. The first-order chi connectivity index (χ1) is 7.91. The Kier molecular flexibility index (Phi) is 3.21. The molecular formula is C8H4ClFN2O3S2. The molecule has 90 valence electrons. The van der Waals surface area contributed by atoms with E-state index in [0.29, 0.717) is 0 Å². The smallest absolute Gasteiger partial charge is 0.324 e. The maximum atomic E-state index is 13.4. The number of halogens is 2. The van der Waals surface area contributed by atoms with Gasteiger partial charge in [0, 0.05) is 17.2 Å². The van der Waals surface area contributed by atoms with E-state index in [1.54, 1.807) is 0 Å². The van der Waals surface area contributed by atoms with Gasteiger partial charge in [0.2, 0.25) is 5.82 Å². The minimum atomic E-state index is -1.39. The normalized spacial score (nSPS) is 12.9. The van der Waals surface area contributed by atoms with E-state index in [9.17, 15) is 19.1 Å². The molecule has 1 aromatic heterocycles. The van der Waals surface area contributed by atoms with Gasteiger partial charge in [-0.2, -0.15) is 9.37 Å². The Balaban J connectivity index is 2.85. The summed E-state index contributed by atoms with van der Waals surface area (Å²) in [5, 5.41) is 10.7. The zero-order valence-electron chi connectivity index (χ0n) is 8.27. The molecule has 0 aliphatic rings. The quantitative estimate of drug-likeness (QED) is 0.484. The average molecular weight is 295 g/mol. The molecule has 0 aliphatic heterocycles. The maximum absolute atomic E-state index is 13.4. The topological polar surface area (TPSA) is 79.1 Å². The molecule has 0 bridgehead atoms. The van der Waals surface area contributed by atoms with Gasteiger partial charge in [0.05, 0.1) is 9.95 Å². The summed E-state index contributed by atoms with van der Waals surface area (Å²) in [7, 11) is 0. The van der Waals surface area contributed by atoms with Gasteiger partial charge in [-0.1, -0.05) is 22.9 Å². The summed E-state index contributed by atoms with van der Waals surface area (Å²) in [6.45, 7) is 0. The van der Waals surface area contributed by atoms with Crippen LogP contribution < -0.4 is 0 Å². The van der Waals surface area contributed by atoms with E-state index in [-0.39, 0.29) is 19.6 Å². The van der Waals surface area contributed by atoms with Crippen LogP contribution in [0.1, 0.15) is 0 Å². The third-order valence-electron chi connectivity index (χ3n) is 1.96. The van der Waals surface area contributed by atoms with Gasteiger partial charge < -0.3 is 4.55 Å². The van der Waals surface area contributed by atoms with Crippen LogP contribution in [0.5, 0.6) is 0 Å². The molecular weight excluding hydrogens is 291 g/mol. The van der Waals surface area contributed by atoms with Gasteiger partial charge in [0.1, 0.15) is 16.5 Å². The van der Waals surface area contributed by atoms with Crippen molar-refractivity contribution >= 4 is 50.0 Å². The Hall–Kier alpha value is -0.960. The molecule has 1 unspecified atom stereocenters. The minimum Gasteiger partial charge on any atom is -0.610 e. The second kappa shape index (κ2) is 4.37. The molecule has 0 aliphatic carbocycles. The molecule has 1 atom stereocenters. The summed E-state index contributed by atoms with van der Waals surface area (Å²) >= 11 is 5.16. The van der Waals surface area contributed by atoms with Crippen molar-refractivity contribution in [1.29, 1.82) is 0 Å². The van der Waals surface area contributed by atoms with Crippen molar-refractivity contribution < 1.29 is 13.9 Å². The number of fused-ring (bicyclic) bond motifs is 1. The molecule has 5 nitrogen and oxygen atoms in total. The molecule has 1 heterocycles. The second-order valence-electron chi connectivity index (χ2n) is 3.06. The Morgan fingerprint density at radius 2 is 2.29 bits per heavy atom. The van der Waals surface area contributed by atoms with Crippen molar-refractivity contribution in [2.45, 2.75) is 4.34 Å². The number of hydrogen-bond donors (Lipinski definition) is 0. The molecule has 0 radical (unpaired) electrons. The van der Waals surface area contributed by atoms with Crippen LogP contribution in [-0.4, -0.2) is 20.7 Å². The van der Waals surface area contributed by atoms with Gasteiger partial charge in [-0.05, 0) is 0 Å². The van der Waals surface area contributed by atoms with Crippen molar-refractivity contribution in [3.05, 3.63) is 27.0 Å². The lowest BCUT2D eigenvalue weighted by Gasteiger charge is -1.96. The van der Waals surface area contributed by atoms with Crippen molar-refractivity contribution in [3.63, 3.8) is 0 Å². The van der Waals surface area contributed by atoms with E-state index < -0.39 is 27.6 Å². The summed E-state index contributed by atoms with van der Waals surface area (Å²) in [6.07, 6.45) is 1.38. The number of nitrogens with zero attached hydrogens (tertiary/aromatic N) is 2. The first-order valence-electron chi connectivity index (χ1n) is 4.18. The third-order valence-corrected chi connectivity index (χ3v) is 4.64. The first kappa shape index (κ1) is 12.5. The van der Waals surface area contributed by atoms with Gasteiger partial charge >= 0.3 is 10.0 Å².